The number of hydrogen-bond acceptors (Lipinski definition) is 1. The summed E-state index contributed by atoms with van der Waals surface area (Å²) in [5.41, 5.74) is 2.61. The summed E-state index contributed by atoms with van der Waals surface area (Å²) in [5.74, 6) is 0.895. The molecular weight excluding hydrogens is 239 g/mol. The fourth-order valence-electron chi connectivity index (χ4n) is 2.63. The highest BCUT2D eigenvalue weighted by molar-refractivity contribution is 5.83. The summed E-state index contributed by atoms with van der Waals surface area (Å²) >= 11 is 0. The summed E-state index contributed by atoms with van der Waals surface area (Å²) in [6.45, 7) is 3.69. The van der Waals surface area contributed by atoms with Gasteiger partial charge >= 0.3 is 0 Å². The molecule has 1 N–H and O–H groups in total. The van der Waals surface area contributed by atoms with Gasteiger partial charge in [0.15, 0.2) is 0 Å². The van der Waals surface area contributed by atoms with Crippen LogP contribution in [0.4, 0.5) is 4.39 Å². The Kier molecular flexibility index (Phi) is 2.75. The van der Waals surface area contributed by atoms with Gasteiger partial charge in [-0.3, -0.25) is 0 Å². The van der Waals surface area contributed by atoms with Crippen molar-refractivity contribution in [1.82, 2.24) is 9.88 Å². The van der Waals surface area contributed by atoms with Crippen LogP contribution in [0.3, 0.4) is 0 Å². The van der Waals surface area contributed by atoms with E-state index in [0.29, 0.717) is 5.54 Å². The highest BCUT2D eigenvalue weighted by atomic mass is 19.1. The molecule has 0 saturated heterocycles. The molecule has 2 aliphatic carbocycles. The molecule has 0 amide bonds. The zero-order valence-corrected chi connectivity index (χ0v) is 11.4. The van der Waals surface area contributed by atoms with Crippen LogP contribution in [0.15, 0.2) is 30.8 Å². The van der Waals surface area contributed by atoms with Gasteiger partial charge in [0.05, 0.1) is 5.52 Å². The van der Waals surface area contributed by atoms with Crippen LogP contribution in [-0.2, 0) is 7.05 Å². The predicted octanol–water partition coefficient (Wildman–Crippen LogP) is 3.33. The first-order chi connectivity index (χ1) is 9.09. The van der Waals surface area contributed by atoms with Crippen molar-refractivity contribution in [2.24, 2.45) is 13.0 Å². The van der Waals surface area contributed by atoms with Gasteiger partial charge < -0.3 is 9.88 Å². The summed E-state index contributed by atoms with van der Waals surface area (Å²) in [6, 6.07) is 6.76. The largest absolute Gasteiger partial charge is 0.344 e. The van der Waals surface area contributed by atoms with E-state index in [4.69, 9.17) is 0 Å². The van der Waals surface area contributed by atoms with E-state index in [2.05, 4.69) is 18.9 Å². The average molecular weight is 258 g/mol. The number of nitrogens with one attached hydrogen (secondary N) is 1. The van der Waals surface area contributed by atoms with Crippen LogP contribution in [0.1, 0.15) is 18.5 Å². The molecule has 100 valence electrons. The summed E-state index contributed by atoms with van der Waals surface area (Å²) in [6.07, 6.45) is 4.69. The Morgan fingerprint density at radius 2 is 2.11 bits per heavy atom. The summed E-state index contributed by atoms with van der Waals surface area (Å²) < 4.78 is 14.8. The van der Waals surface area contributed by atoms with Crippen LogP contribution in [0.25, 0.3) is 17.0 Å². The fraction of sp³-hybridized carbons (Fsp3) is 0.375. The number of benzene rings is 1. The van der Waals surface area contributed by atoms with Crippen LogP contribution >= 0.6 is 0 Å². The van der Waals surface area contributed by atoms with Crippen LogP contribution in [0.5, 0.6) is 0 Å². The van der Waals surface area contributed by atoms with Crippen molar-refractivity contribution in [1.29, 1.82) is 0 Å². The maximum atomic E-state index is 12.9. The first-order valence-electron chi connectivity index (χ1n) is 6.66. The first kappa shape index (κ1) is 12.4. The molecule has 3 heteroatoms. The molecule has 0 unspecified atom stereocenters. The molecule has 0 radical (unpaired) electrons. The summed E-state index contributed by atoms with van der Waals surface area (Å²) in [5, 5.41) is 4.33. The Morgan fingerprint density at radius 3 is 2.58 bits per heavy atom. The molecule has 19 heavy (non-hydrogen) atoms. The Hall–Kier alpha value is -1.61. The third kappa shape index (κ3) is 2.08. The highest BCUT2D eigenvalue weighted by Gasteiger charge is 2.68. The zero-order chi connectivity index (χ0) is 13.6. The lowest BCUT2D eigenvalue weighted by Gasteiger charge is -1.98. The first-order valence-corrected chi connectivity index (χ1v) is 6.66. The minimum atomic E-state index is -0.204. The quantitative estimate of drug-likeness (QED) is 0.874. The van der Waals surface area contributed by atoms with Gasteiger partial charge in [0, 0.05) is 23.7 Å². The zero-order valence-electron chi connectivity index (χ0n) is 11.4. The fourth-order valence-corrected chi connectivity index (χ4v) is 2.63. The molecule has 2 aromatic rings. The van der Waals surface area contributed by atoms with Crippen molar-refractivity contribution < 1.29 is 4.39 Å². The lowest BCUT2D eigenvalue weighted by atomic mass is 10.2. The van der Waals surface area contributed by atoms with Gasteiger partial charge in [-0.2, -0.15) is 0 Å². The van der Waals surface area contributed by atoms with E-state index < -0.39 is 0 Å². The van der Waals surface area contributed by atoms with Gasteiger partial charge in [-0.25, -0.2) is 4.39 Å². The lowest BCUT2D eigenvalue weighted by Crippen LogP contribution is -2.16. The van der Waals surface area contributed by atoms with Gasteiger partial charge in [-0.1, -0.05) is 6.58 Å². The third-order valence-electron chi connectivity index (χ3n) is 4.43. The lowest BCUT2D eigenvalue weighted by molar-refractivity contribution is 0.629. The number of hydrogen-bond donors (Lipinski definition) is 1. The van der Waals surface area contributed by atoms with Crippen LogP contribution in [0, 0.1) is 11.7 Å². The minimum absolute atomic E-state index is 0.204. The van der Waals surface area contributed by atoms with Crippen molar-refractivity contribution >= 4 is 17.0 Å². The molecule has 2 saturated carbocycles. The van der Waals surface area contributed by atoms with E-state index >= 15 is 0 Å². The maximum absolute atomic E-state index is 12.9. The normalized spacial score (nSPS) is 26.4. The smallest absolute Gasteiger partial charge is 0.125 e. The molecule has 0 aliphatic heterocycles. The van der Waals surface area contributed by atoms with Gasteiger partial charge in [0.2, 0.25) is 0 Å². The molecule has 1 heterocycles. The minimum Gasteiger partial charge on any atom is -0.344 e. The Labute approximate surface area is 112 Å². The summed E-state index contributed by atoms with van der Waals surface area (Å²) in [7, 11) is 3.96. The van der Waals surface area contributed by atoms with E-state index in [-0.39, 0.29) is 5.82 Å². The van der Waals surface area contributed by atoms with E-state index in [9.17, 15) is 4.39 Å². The topological polar surface area (TPSA) is 17.0 Å². The van der Waals surface area contributed by atoms with Gasteiger partial charge in [0.1, 0.15) is 5.82 Å². The Bertz CT molecular complexity index is 635. The van der Waals surface area contributed by atoms with E-state index in [1.807, 2.05) is 17.7 Å². The molecule has 1 aromatic heterocycles. The Morgan fingerprint density at radius 1 is 1.42 bits per heavy atom. The third-order valence-corrected chi connectivity index (χ3v) is 4.43. The van der Waals surface area contributed by atoms with Crippen LogP contribution in [0.2, 0.25) is 0 Å². The second kappa shape index (κ2) is 4.20. The van der Waals surface area contributed by atoms with Crippen LogP contribution < -0.4 is 5.32 Å². The van der Waals surface area contributed by atoms with Crippen molar-refractivity contribution in [3.8, 4) is 0 Å². The molecule has 0 atom stereocenters. The molecule has 0 spiro atoms. The van der Waals surface area contributed by atoms with Crippen molar-refractivity contribution in [3.63, 3.8) is 0 Å². The summed E-state index contributed by atoms with van der Waals surface area (Å²) in [4.78, 5) is 0. The van der Waals surface area contributed by atoms with Crippen molar-refractivity contribution in [2.75, 3.05) is 7.05 Å². The van der Waals surface area contributed by atoms with Crippen molar-refractivity contribution in [3.05, 3.63) is 42.4 Å². The highest BCUT2D eigenvalue weighted by Crippen LogP contribution is 2.66. The van der Waals surface area contributed by atoms with E-state index in [1.165, 1.54) is 25.0 Å². The number of halogens is 1. The van der Waals surface area contributed by atoms with E-state index in [1.54, 1.807) is 12.1 Å². The molecular formula is C16H19FN2. The second-order valence-electron chi connectivity index (χ2n) is 5.55. The number of fused-ring (bicyclic) bond motifs is 2. The average Bonchev–Trinajstić information content (AvgIpc) is 3.24. The van der Waals surface area contributed by atoms with Gasteiger partial charge in [-0.15, -0.1) is 0 Å². The van der Waals surface area contributed by atoms with E-state index in [0.717, 1.165) is 22.5 Å². The van der Waals surface area contributed by atoms with Crippen LogP contribution in [-0.4, -0.2) is 17.2 Å². The van der Waals surface area contributed by atoms with Gasteiger partial charge in [-0.05, 0) is 56.1 Å². The number of aryl methyl sites for hydroxylation is 1. The van der Waals surface area contributed by atoms with Gasteiger partial charge in [0.25, 0.3) is 0 Å². The molecule has 1 aromatic carbocycles. The predicted molar refractivity (Wildman–Crippen MR) is 77.5 cm³/mol. The molecule has 2 aliphatic rings. The number of aromatic nitrogens is 1. The Balaban J connectivity index is 0.000000151. The number of nitrogens with zero attached hydrogens (tertiary/aromatic N) is 1. The molecule has 4 rings (SSSR count). The molecule has 2 fully saturated rings. The second-order valence-corrected chi connectivity index (χ2v) is 5.55. The molecule has 0 bridgehead atoms. The standard InChI is InChI=1S/C11H10FN.C5H9N/c1-3-10-6-8-4-5-9(12)7-11(8)13(10)2;1-6-5-2-4(5)3-5/h3-7H,1H2,2H3;4,6H,2-3H2,1H3. The SMILES string of the molecule is C=Cc1cc2ccc(F)cc2n1C.CNC12CC1C2. The maximum Gasteiger partial charge on any atom is 0.125 e. The molecule has 2 nitrogen and oxygen atoms in total. The number of rotatable bonds is 2. The van der Waals surface area contributed by atoms with Crippen molar-refractivity contribution in [2.45, 2.75) is 18.4 Å². The monoisotopic (exact) mass is 258 g/mol.